The molecule has 2 aromatic rings. The van der Waals surface area contributed by atoms with E-state index in [-0.39, 0.29) is 17.9 Å². The van der Waals surface area contributed by atoms with Crippen LogP contribution < -0.4 is 10.0 Å². The molecule has 0 unspecified atom stereocenters. The fourth-order valence-electron chi connectivity index (χ4n) is 1.68. The SMILES string of the molecule is CNCc1cc(Br)cc(S(=O)(=O)Nc2cccnn2)c1F. The first-order valence-electron chi connectivity index (χ1n) is 5.87. The number of benzene rings is 1. The molecule has 0 amide bonds. The van der Waals surface area contributed by atoms with Gasteiger partial charge in [-0.05, 0) is 31.3 Å². The Balaban J connectivity index is 2.45. The second kappa shape index (κ2) is 6.46. The zero-order chi connectivity index (χ0) is 15.5. The van der Waals surface area contributed by atoms with Crippen molar-refractivity contribution in [3.05, 3.63) is 46.3 Å². The predicted molar refractivity (Wildman–Crippen MR) is 79.7 cm³/mol. The average molecular weight is 375 g/mol. The highest BCUT2D eigenvalue weighted by Gasteiger charge is 2.22. The van der Waals surface area contributed by atoms with Gasteiger partial charge >= 0.3 is 0 Å². The van der Waals surface area contributed by atoms with Crippen molar-refractivity contribution in [1.82, 2.24) is 15.5 Å². The van der Waals surface area contributed by atoms with E-state index in [1.165, 1.54) is 30.5 Å². The van der Waals surface area contributed by atoms with Gasteiger partial charge in [0.2, 0.25) is 0 Å². The summed E-state index contributed by atoms with van der Waals surface area (Å²) in [4.78, 5) is -0.451. The molecule has 112 valence electrons. The first kappa shape index (κ1) is 15.8. The molecule has 0 atom stereocenters. The summed E-state index contributed by atoms with van der Waals surface area (Å²) in [6, 6.07) is 5.67. The summed E-state index contributed by atoms with van der Waals surface area (Å²) in [6.45, 7) is 0.207. The van der Waals surface area contributed by atoms with Gasteiger partial charge in [0, 0.05) is 22.8 Å². The number of aromatic nitrogens is 2. The summed E-state index contributed by atoms with van der Waals surface area (Å²) in [5.41, 5.74) is 0.242. The fourth-order valence-corrected chi connectivity index (χ4v) is 3.48. The molecule has 1 aromatic carbocycles. The fraction of sp³-hybridized carbons (Fsp3) is 0.167. The smallest absolute Gasteiger partial charge is 0.266 e. The van der Waals surface area contributed by atoms with E-state index in [9.17, 15) is 12.8 Å². The van der Waals surface area contributed by atoms with Gasteiger partial charge in [0.15, 0.2) is 5.82 Å². The summed E-state index contributed by atoms with van der Waals surface area (Å²) in [6.07, 6.45) is 1.41. The Bertz CT molecular complexity index is 740. The van der Waals surface area contributed by atoms with Gasteiger partial charge in [-0.25, -0.2) is 12.8 Å². The van der Waals surface area contributed by atoms with E-state index >= 15 is 0 Å². The third-order valence-corrected chi connectivity index (χ3v) is 4.36. The summed E-state index contributed by atoms with van der Waals surface area (Å²) in [5.74, 6) is -0.781. The number of rotatable bonds is 5. The van der Waals surface area contributed by atoms with Crippen molar-refractivity contribution in [2.75, 3.05) is 11.8 Å². The van der Waals surface area contributed by atoms with E-state index in [4.69, 9.17) is 0 Å². The standard InChI is InChI=1S/C12H12BrFN4O2S/c1-15-7-8-5-9(13)6-10(12(8)14)21(19,20)18-11-3-2-4-16-17-11/h2-6,15H,7H2,1H3,(H,17,18). The first-order chi connectivity index (χ1) is 9.94. The molecule has 1 aromatic heterocycles. The maximum Gasteiger partial charge on any atom is 0.266 e. The molecule has 0 aliphatic heterocycles. The highest BCUT2D eigenvalue weighted by Crippen LogP contribution is 2.25. The number of nitrogens with zero attached hydrogens (tertiary/aromatic N) is 2. The van der Waals surface area contributed by atoms with Crippen molar-refractivity contribution in [2.45, 2.75) is 11.4 Å². The molecule has 2 rings (SSSR count). The van der Waals surface area contributed by atoms with Crippen LogP contribution in [0.15, 0.2) is 39.8 Å². The molecular weight excluding hydrogens is 363 g/mol. The third kappa shape index (κ3) is 3.74. The molecule has 2 N–H and O–H groups in total. The third-order valence-electron chi connectivity index (χ3n) is 2.55. The first-order valence-corrected chi connectivity index (χ1v) is 8.14. The molecule has 0 fully saturated rings. The molecule has 0 spiro atoms. The predicted octanol–water partition coefficient (Wildman–Crippen LogP) is 1.90. The van der Waals surface area contributed by atoms with Crippen LogP contribution in [0.3, 0.4) is 0 Å². The van der Waals surface area contributed by atoms with Crippen LogP contribution >= 0.6 is 15.9 Å². The van der Waals surface area contributed by atoms with E-state index in [2.05, 4.69) is 36.2 Å². The number of sulfonamides is 1. The van der Waals surface area contributed by atoms with Crippen molar-refractivity contribution in [3.63, 3.8) is 0 Å². The largest absolute Gasteiger partial charge is 0.316 e. The van der Waals surface area contributed by atoms with Crippen molar-refractivity contribution >= 4 is 31.8 Å². The summed E-state index contributed by atoms with van der Waals surface area (Å²) < 4.78 is 41.5. The Morgan fingerprint density at radius 1 is 1.38 bits per heavy atom. The minimum absolute atomic E-state index is 0.0204. The van der Waals surface area contributed by atoms with Gasteiger partial charge in [0.1, 0.15) is 10.7 Å². The summed E-state index contributed by atoms with van der Waals surface area (Å²) in [7, 11) is -2.45. The van der Waals surface area contributed by atoms with E-state index in [1.54, 1.807) is 7.05 Å². The Kier molecular flexibility index (Phi) is 4.86. The highest BCUT2D eigenvalue weighted by atomic mass is 79.9. The summed E-state index contributed by atoms with van der Waals surface area (Å²) in [5, 5.41) is 9.96. The number of hydrogen-bond acceptors (Lipinski definition) is 5. The van der Waals surface area contributed by atoms with Crippen molar-refractivity contribution in [1.29, 1.82) is 0 Å². The lowest BCUT2D eigenvalue weighted by atomic mass is 10.2. The lowest BCUT2D eigenvalue weighted by Crippen LogP contribution is -2.17. The summed E-state index contributed by atoms with van der Waals surface area (Å²) >= 11 is 3.18. The van der Waals surface area contributed by atoms with Crippen molar-refractivity contribution < 1.29 is 12.8 Å². The molecule has 0 aliphatic carbocycles. The zero-order valence-corrected chi connectivity index (χ0v) is 13.4. The van der Waals surface area contributed by atoms with E-state index in [1.807, 2.05) is 0 Å². The van der Waals surface area contributed by atoms with E-state index < -0.39 is 20.7 Å². The quantitative estimate of drug-likeness (QED) is 0.834. The number of anilines is 1. The minimum Gasteiger partial charge on any atom is -0.316 e. The molecule has 9 heteroatoms. The van der Waals surface area contributed by atoms with Crippen LogP contribution in [0, 0.1) is 5.82 Å². The number of halogens is 2. The molecule has 1 heterocycles. The second-order valence-electron chi connectivity index (χ2n) is 4.12. The number of hydrogen-bond donors (Lipinski definition) is 2. The molecule has 0 bridgehead atoms. The van der Waals surface area contributed by atoms with Crippen LogP contribution in [0.4, 0.5) is 10.2 Å². The molecular formula is C12H12BrFN4O2S. The maximum atomic E-state index is 14.3. The van der Waals surface area contributed by atoms with Gasteiger partial charge in [-0.2, -0.15) is 5.10 Å². The van der Waals surface area contributed by atoms with Crippen LogP contribution in [0.5, 0.6) is 0 Å². The van der Waals surface area contributed by atoms with Crippen LogP contribution in [-0.2, 0) is 16.6 Å². The Labute approximate surface area is 130 Å². The lowest BCUT2D eigenvalue weighted by molar-refractivity contribution is 0.555. The normalized spacial score (nSPS) is 11.4. The van der Waals surface area contributed by atoms with Crippen LogP contribution in [0.2, 0.25) is 0 Å². The Morgan fingerprint density at radius 3 is 2.76 bits per heavy atom. The van der Waals surface area contributed by atoms with Crippen LogP contribution in [0.1, 0.15) is 5.56 Å². The highest BCUT2D eigenvalue weighted by molar-refractivity contribution is 9.10. The molecule has 21 heavy (non-hydrogen) atoms. The van der Waals surface area contributed by atoms with Crippen molar-refractivity contribution in [3.8, 4) is 0 Å². The maximum absolute atomic E-state index is 14.3. The van der Waals surface area contributed by atoms with Crippen LogP contribution in [0.25, 0.3) is 0 Å². The number of nitrogens with one attached hydrogen (secondary N) is 2. The molecule has 0 saturated carbocycles. The van der Waals surface area contributed by atoms with Gasteiger partial charge in [-0.15, -0.1) is 5.10 Å². The Hall–Kier alpha value is -1.58. The van der Waals surface area contributed by atoms with E-state index in [0.717, 1.165) is 0 Å². The molecule has 0 aliphatic rings. The topological polar surface area (TPSA) is 84.0 Å². The minimum atomic E-state index is -4.09. The monoisotopic (exact) mass is 374 g/mol. The van der Waals surface area contributed by atoms with Crippen molar-refractivity contribution in [2.24, 2.45) is 0 Å². The molecule has 0 saturated heterocycles. The van der Waals surface area contributed by atoms with Gasteiger partial charge in [-0.3, -0.25) is 4.72 Å². The zero-order valence-electron chi connectivity index (χ0n) is 11.0. The van der Waals surface area contributed by atoms with Crippen LogP contribution in [-0.4, -0.2) is 25.7 Å². The Morgan fingerprint density at radius 2 is 2.14 bits per heavy atom. The average Bonchev–Trinajstić information content (AvgIpc) is 2.43. The van der Waals surface area contributed by atoms with Gasteiger partial charge in [-0.1, -0.05) is 15.9 Å². The second-order valence-corrected chi connectivity index (χ2v) is 6.69. The van der Waals surface area contributed by atoms with Gasteiger partial charge < -0.3 is 5.32 Å². The van der Waals surface area contributed by atoms with E-state index in [0.29, 0.717) is 4.47 Å². The lowest BCUT2D eigenvalue weighted by Gasteiger charge is -2.11. The molecule has 6 nitrogen and oxygen atoms in total. The molecule has 0 radical (unpaired) electrons. The van der Waals surface area contributed by atoms with Gasteiger partial charge in [0.05, 0.1) is 0 Å². The van der Waals surface area contributed by atoms with Gasteiger partial charge in [0.25, 0.3) is 10.0 Å².